The molecule has 0 aliphatic heterocycles. The maximum atomic E-state index is 11.2. The van der Waals surface area contributed by atoms with Crippen LogP contribution in [0, 0.1) is 0 Å². The number of alkyl halides is 2. The van der Waals surface area contributed by atoms with Gasteiger partial charge in [0.15, 0.2) is 0 Å². The van der Waals surface area contributed by atoms with Gasteiger partial charge in [0.1, 0.15) is 4.83 Å². The van der Waals surface area contributed by atoms with Crippen LogP contribution in [-0.4, -0.2) is 29.0 Å². The first-order chi connectivity index (χ1) is 7.97. The second-order valence-corrected chi connectivity index (χ2v) is 5.23. The van der Waals surface area contributed by atoms with Crippen molar-refractivity contribution in [1.29, 1.82) is 0 Å². The number of hydrogen-bond acceptors (Lipinski definition) is 3. The molecule has 0 fully saturated rings. The van der Waals surface area contributed by atoms with E-state index in [4.69, 9.17) is 5.11 Å². The first-order valence-corrected chi connectivity index (χ1v) is 6.49. The summed E-state index contributed by atoms with van der Waals surface area (Å²) >= 11 is 6.35. The number of carbonyl (C=O) groups excluding carboxylic acids is 1. The van der Waals surface area contributed by atoms with Crippen LogP contribution >= 0.6 is 31.9 Å². The van der Waals surface area contributed by atoms with Crippen LogP contribution in [0.4, 0.5) is 0 Å². The molecule has 2 unspecified atom stereocenters. The molecule has 0 spiro atoms. The van der Waals surface area contributed by atoms with Gasteiger partial charge in [0.05, 0.1) is 17.5 Å². The monoisotopic (exact) mass is 364 g/mol. The summed E-state index contributed by atoms with van der Waals surface area (Å²) in [7, 11) is 1.31. The van der Waals surface area contributed by atoms with Crippen molar-refractivity contribution in [3.05, 3.63) is 35.4 Å². The third-order valence-corrected chi connectivity index (χ3v) is 4.83. The minimum atomic E-state index is -0.955. The molecule has 0 saturated heterocycles. The second-order valence-electron chi connectivity index (χ2n) is 3.26. The molecule has 0 bridgehead atoms. The second kappa shape index (κ2) is 6.16. The molecule has 1 rings (SSSR count). The zero-order chi connectivity index (χ0) is 13.0. The molecule has 6 heteroatoms. The first kappa shape index (κ1) is 14.2. The van der Waals surface area contributed by atoms with E-state index in [0.29, 0.717) is 5.56 Å². The summed E-state index contributed by atoms with van der Waals surface area (Å²) in [6.07, 6.45) is 0. The summed E-state index contributed by atoms with van der Waals surface area (Å²) in [5.74, 6) is -1.37. The highest BCUT2D eigenvalue weighted by Crippen LogP contribution is 2.31. The quantitative estimate of drug-likeness (QED) is 0.658. The zero-order valence-electron chi connectivity index (χ0n) is 8.89. The molecule has 0 aliphatic rings. The fourth-order valence-electron chi connectivity index (χ4n) is 1.22. The average molecular weight is 366 g/mol. The van der Waals surface area contributed by atoms with Gasteiger partial charge in [-0.25, -0.2) is 4.79 Å². The third kappa shape index (κ3) is 3.54. The number of ether oxygens (including phenoxy) is 1. The van der Waals surface area contributed by atoms with E-state index in [1.165, 1.54) is 7.11 Å². The Hall–Kier alpha value is -0.880. The van der Waals surface area contributed by atoms with Gasteiger partial charge in [0.25, 0.3) is 0 Å². The number of benzene rings is 1. The molecule has 0 radical (unpaired) electrons. The Kier molecular flexibility index (Phi) is 5.14. The lowest BCUT2D eigenvalue weighted by molar-refractivity contribution is -0.136. The molecule has 1 aromatic carbocycles. The van der Waals surface area contributed by atoms with Crippen LogP contribution in [0.3, 0.4) is 0 Å². The Balaban J connectivity index is 2.87. The van der Waals surface area contributed by atoms with Crippen LogP contribution in [0.2, 0.25) is 0 Å². The van der Waals surface area contributed by atoms with Crippen LogP contribution in [0.15, 0.2) is 24.3 Å². The highest BCUT2D eigenvalue weighted by Gasteiger charge is 2.24. The highest BCUT2D eigenvalue weighted by atomic mass is 79.9. The van der Waals surface area contributed by atoms with Gasteiger partial charge in [-0.2, -0.15) is 0 Å². The van der Waals surface area contributed by atoms with E-state index < -0.39 is 16.8 Å². The minimum absolute atomic E-state index is 0.369. The lowest BCUT2D eigenvalue weighted by atomic mass is 10.1. The Morgan fingerprint density at radius 2 is 1.76 bits per heavy atom. The molecular formula is C11H10Br2O4. The smallest absolute Gasteiger partial charge is 0.337 e. The molecular weight excluding hydrogens is 356 g/mol. The fourth-order valence-corrected chi connectivity index (χ4v) is 2.05. The van der Waals surface area contributed by atoms with Crippen molar-refractivity contribution >= 4 is 43.8 Å². The van der Waals surface area contributed by atoms with Crippen molar-refractivity contribution in [2.75, 3.05) is 7.11 Å². The lowest BCUT2D eigenvalue weighted by Crippen LogP contribution is -2.18. The number of carboxylic acid groups (broad SMARTS) is 1. The van der Waals surface area contributed by atoms with Gasteiger partial charge in [-0.15, -0.1) is 0 Å². The van der Waals surface area contributed by atoms with Crippen LogP contribution in [0.25, 0.3) is 0 Å². The fraction of sp³-hybridized carbons (Fsp3) is 0.273. The predicted octanol–water partition coefficient (Wildman–Crippen LogP) is 2.76. The standard InChI is InChI=1S/C11H10Br2O4/c1-17-11(16)7-4-2-6(3-5-7)8(12)9(13)10(14)15/h2-5,8-9H,1H3,(H,14,15). The van der Waals surface area contributed by atoms with E-state index >= 15 is 0 Å². The Labute approximate surface area is 115 Å². The maximum Gasteiger partial charge on any atom is 0.337 e. The van der Waals surface area contributed by atoms with E-state index in [-0.39, 0.29) is 4.83 Å². The third-order valence-electron chi connectivity index (χ3n) is 2.14. The largest absolute Gasteiger partial charge is 0.480 e. The van der Waals surface area contributed by atoms with Crippen molar-refractivity contribution in [1.82, 2.24) is 0 Å². The number of carboxylic acids is 1. The van der Waals surface area contributed by atoms with Crippen molar-refractivity contribution in [2.24, 2.45) is 0 Å². The predicted molar refractivity (Wildman–Crippen MR) is 69.8 cm³/mol. The number of carbonyl (C=O) groups is 2. The van der Waals surface area contributed by atoms with Crippen molar-refractivity contribution in [2.45, 2.75) is 9.65 Å². The number of halogens is 2. The molecule has 4 nitrogen and oxygen atoms in total. The van der Waals surface area contributed by atoms with E-state index in [1.807, 2.05) is 0 Å². The molecule has 0 aromatic heterocycles. The summed E-state index contributed by atoms with van der Waals surface area (Å²) in [5.41, 5.74) is 1.19. The van der Waals surface area contributed by atoms with Gasteiger partial charge in [-0.1, -0.05) is 44.0 Å². The molecule has 92 valence electrons. The topological polar surface area (TPSA) is 63.6 Å². The maximum absolute atomic E-state index is 11.2. The van der Waals surface area contributed by atoms with Crippen molar-refractivity contribution in [3.63, 3.8) is 0 Å². The minimum Gasteiger partial charge on any atom is -0.480 e. The van der Waals surface area contributed by atoms with E-state index in [1.54, 1.807) is 24.3 Å². The van der Waals surface area contributed by atoms with Crippen LogP contribution in [0.1, 0.15) is 20.7 Å². The summed E-state index contributed by atoms with van der Waals surface area (Å²) in [4.78, 5) is 20.9. The first-order valence-electron chi connectivity index (χ1n) is 4.66. The molecule has 17 heavy (non-hydrogen) atoms. The Morgan fingerprint density at radius 3 is 2.18 bits per heavy atom. The zero-order valence-corrected chi connectivity index (χ0v) is 12.1. The SMILES string of the molecule is COC(=O)c1ccc(C(Br)C(Br)C(=O)O)cc1. The van der Waals surface area contributed by atoms with E-state index in [9.17, 15) is 9.59 Å². The van der Waals surface area contributed by atoms with Crippen molar-refractivity contribution < 1.29 is 19.4 Å². The summed E-state index contributed by atoms with van der Waals surface area (Å²) in [5, 5.41) is 8.84. The highest BCUT2D eigenvalue weighted by molar-refractivity contribution is 9.12. The van der Waals surface area contributed by atoms with Gasteiger partial charge in [-0.3, -0.25) is 4.79 Å². The molecule has 0 amide bonds. The molecule has 1 aromatic rings. The molecule has 0 aliphatic carbocycles. The van der Waals surface area contributed by atoms with Gasteiger partial charge in [-0.05, 0) is 17.7 Å². The summed E-state index contributed by atoms with van der Waals surface area (Å²) in [6.45, 7) is 0. The number of rotatable bonds is 4. The van der Waals surface area contributed by atoms with Crippen molar-refractivity contribution in [3.8, 4) is 0 Å². The molecule has 0 heterocycles. The number of hydrogen-bond donors (Lipinski definition) is 1. The molecule has 2 atom stereocenters. The Morgan fingerprint density at radius 1 is 1.24 bits per heavy atom. The van der Waals surface area contributed by atoms with Gasteiger partial charge in [0, 0.05) is 0 Å². The lowest BCUT2D eigenvalue weighted by Gasteiger charge is -2.13. The van der Waals surface area contributed by atoms with Crippen LogP contribution < -0.4 is 0 Å². The van der Waals surface area contributed by atoms with Gasteiger partial charge in [0.2, 0.25) is 0 Å². The number of methoxy groups -OCH3 is 1. The normalized spacial score (nSPS) is 13.8. The summed E-state index contributed by atoms with van der Waals surface area (Å²) in [6, 6.07) is 6.56. The van der Waals surface area contributed by atoms with Gasteiger partial charge >= 0.3 is 11.9 Å². The average Bonchev–Trinajstić information content (AvgIpc) is 2.36. The Bertz CT molecular complexity index is 416. The number of esters is 1. The number of aliphatic carboxylic acids is 1. The van der Waals surface area contributed by atoms with Crippen LogP contribution in [0.5, 0.6) is 0 Å². The van der Waals surface area contributed by atoms with Crippen LogP contribution in [-0.2, 0) is 9.53 Å². The molecule has 0 saturated carbocycles. The summed E-state index contributed by atoms with van der Waals surface area (Å²) < 4.78 is 4.57. The van der Waals surface area contributed by atoms with Gasteiger partial charge < -0.3 is 9.84 Å². The molecule has 1 N–H and O–H groups in total. The van der Waals surface area contributed by atoms with E-state index in [2.05, 4.69) is 36.6 Å². The van der Waals surface area contributed by atoms with E-state index in [0.717, 1.165) is 5.56 Å².